The number of nitrogens with zero attached hydrogens (tertiary/aromatic N) is 2. The number of carbonyl (C=O) groups is 1. The molecule has 1 saturated carbocycles. The van der Waals surface area contributed by atoms with Gasteiger partial charge in [0.25, 0.3) is 0 Å². The van der Waals surface area contributed by atoms with Gasteiger partial charge in [0.15, 0.2) is 0 Å². The van der Waals surface area contributed by atoms with Gasteiger partial charge in [-0.15, -0.1) is 0 Å². The number of hydrogen-bond donors (Lipinski definition) is 2. The van der Waals surface area contributed by atoms with E-state index in [1.54, 1.807) is 12.1 Å². The van der Waals surface area contributed by atoms with Gasteiger partial charge < -0.3 is 15.3 Å². The number of rotatable bonds is 5. The summed E-state index contributed by atoms with van der Waals surface area (Å²) in [6.45, 7) is 2.62. The predicted octanol–water partition coefficient (Wildman–Crippen LogP) is 2.37. The molecule has 0 bridgehead atoms. The number of carboxylic acids is 1. The summed E-state index contributed by atoms with van der Waals surface area (Å²) >= 11 is 0. The van der Waals surface area contributed by atoms with Gasteiger partial charge in [0.2, 0.25) is 0 Å². The Bertz CT molecular complexity index is 494. The van der Waals surface area contributed by atoms with Gasteiger partial charge in [0.05, 0.1) is 5.56 Å². The predicted molar refractivity (Wildman–Crippen MR) is 79.3 cm³/mol. The van der Waals surface area contributed by atoms with Gasteiger partial charge in [0, 0.05) is 17.8 Å². The van der Waals surface area contributed by atoms with Crippen LogP contribution in [0.25, 0.3) is 0 Å². The molecule has 0 aromatic carbocycles. The van der Waals surface area contributed by atoms with E-state index in [2.05, 4.69) is 29.3 Å². The molecule has 0 aliphatic heterocycles. The van der Waals surface area contributed by atoms with Crippen molar-refractivity contribution in [1.82, 2.24) is 9.88 Å². The fourth-order valence-corrected chi connectivity index (χ4v) is 2.95. The first-order chi connectivity index (χ1) is 9.43. The van der Waals surface area contributed by atoms with Crippen LogP contribution in [0.1, 0.15) is 41.7 Å². The summed E-state index contributed by atoms with van der Waals surface area (Å²) in [5.41, 5.74) is 1.16. The normalized spacial score (nSPS) is 17.4. The standard InChI is InChI=1S/C15H23N3O2/c1-11-8-12(14(19)20)9-13(17-11)16-10-15(18(2)3)6-4-5-7-15/h8-9H,4-7,10H2,1-3H3,(H,16,17)(H,19,20). The van der Waals surface area contributed by atoms with Gasteiger partial charge in [-0.05, 0) is 46.0 Å². The maximum atomic E-state index is 11.1. The van der Waals surface area contributed by atoms with Gasteiger partial charge >= 0.3 is 5.97 Å². The Labute approximate surface area is 120 Å². The lowest BCUT2D eigenvalue weighted by molar-refractivity contribution is 0.0696. The first-order valence-corrected chi connectivity index (χ1v) is 7.06. The molecule has 0 unspecified atom stereocenters. The number of hydrogen-bond acceptors (Lipinski definition) is 4. The maximum Gasteiger partial charge on any atom is 0.335 e. The Hall–Kier alpha value is -1.62. The van der Waals surface area contributed by atoms with Crippen molar-refractivity contribution in [2.75, 3.05) is 26.0 Å². The molecule has 0 amide bonds. The molecule has 0 atom stereocenters. The van der Waals surface area contributed by atoms with Gasteiger partial charge in [-0.3, -0.25) is 0 Å². The molecule has 1 aliphatic rings. The Morgan fingerprint density at radius 1 is 1.40 bits per heavy atom. The highest BCUT2D eigenvalue weighted by molar-refractivity contribution is 5.88. The quantitative estimate of drug-likeness (QED) is 0.865. The number of aromatic nitrogens is 1. The molecule has 0 radical (unpaired) electrons. The van der Waals surface area contributed by atoms with Gasteiger partial charge in [-0.1, -0.05) is 12.8 Å². The molecule has 1 aliphatic carbocycles. The average Bonchev–Trinajstić information content (AvgIpc) is 2.86. The lowest BCUT2D eigenvalue weighted by Gasteiger charge is -2.36. The molecule has 5 nitrogen and oxygen atoms in total. The molecule has 1 aromatic rings. The highest BCUT2D eigenvalue weighted by Gasteiger charge is 2.35. The minimum absolute atomic E-state index is 0.162. The van der Waals surface area contributed by atoms with Crippen molar-refractivity contribution in [2.24, 2.45) is 0 Å². The van der Waals surface area contributed by atoms with Crippen LogP contribution in [0.4, 0.5) is 5.82 Å². The Morgan fingerprint density at radius 2 is 2.05 bits per heavy atom. The second kappa shape index (κ2) is 5.79. The van der Waals surface area contributed by atoms with Crippen LogP contribution >= 0.6 is 0 Å². The third-order valence-corrected chi connectivity index (χ3v) is 4.28. The van der Waals surface area contributed by atoms with E-state index in [1.807, 2.05) is 6.92 Å². The summed E-state index contributed by atoms with van der Waals surface area (Å²) in [7, 11) is 4.22. The molecule has 2 rings (SSSR count). The number of likely N-dealkylation sites (N-methyl/N-ethyl adjacent to an activating group) is 1. The lowest BCUT2D eigenvalue weighted by Crippen LogP contribution is -2.47. The molecular weight excluding hydrogens is 254 g/mol. The largest absolute Gasteiger partial charge is 0.478 e. The number of carboxylic acid groups (broad SMARTS) is 1. The molecule has 1 aromatic heterocycles. The smallest absolute Gasteiger partial charge is 0.335 e. The van der Waals surface area contributed by atoms with Crippen molar-refractivity contribution in [3.05, 3.63) is 23.4 Å². The summed E-state index contributed by atoms with van der Waals surface area (Å²) in [5, 5.41) is 12.4. The first-order valence-electron chi connectivity index (χ1n) is 7.06. The minimum Gasteiger partial charge on any atom is -0.478 e. The van der Waals surface area contributed by atoms with E-state index in [0.29, 0.717) is 5.82 Å². The third-order valence-electron chi connectivity index (χ3n) is 4.28. The lowest BCUT2D eigenvalue weighted by atomic mass is 9.96. The topological polar surface area (TPSA) is 65.5 Å². The number of pyridine rings is 1. The fourth-order valence-electron chi connectivity index (χ4n) is 2.95. The van der Waals surface area contributed by atoms with Crippen molar-refractivity contribution in [2.45, 2.75) is 38.1 Å². The van der Waals surface area contributed by atoms with Crippen LogP contribution < -0.4 is 5.32 Å². The molecular formula is C15H23N3O2. The zero-order valence-corrected chi connectivity index (χ0v) is 12.4. The summed E-state index contributed by atoms with van der Waals surface area (Å²) in [5.74, 6) is -0.266. The van der Waals surface area contributed by atoms with E-state index in [-0.39, 0.29) is 11.1 Å². The van der Waals surface area contributed by atoms with Gasteiger partial charge in [-0.2, -0.15) is 0 Å². The maximum absolute atomic E-state index is 11.1. The van der Waals surface area contributed by atoms with Crippen molar-refractivity contribution in [3.63, 3.8) is 0 Å². The summed E-state index contributed by atoms with van der Waals surface area (Å²) < 4.78 is 0. The highest BCUT2D eigenvalue weighted by atomic mass is 16.4. The van der Waals surface area contributed by atoms with Crippen LogP contribution in [-0.2, 0) is 0 Å². The number of nitrogens with one attached hydrogen (secondary N) is 1. The summed E-state index contributed by atoms with van der Waals surface area (Å²) in [4.78, 5) is 17.7. The highest BCUT2D eigenvalue weighted by Crippen LogP contribution is 2.33. The SMILES string of the molecule is Cc1cc(C(=O)O)cc(NCC2(N(C)C)CCCC2)n1. The van der Waals surface area contributed by atoms with E-state index >= 15 is 0 Å². The molecule has 1 heterocycles. The van der Waals surface area contributed by atoms with Crippen LogP contribution in [0.15, 0.2) is 12.1 Å². The summed E-state index contributed by atoms with van der Waals surface area (Å²) in [6.07, 6.45) is 4.85. The number of anilines is 1. The van der Waals surface area contributed by atoms with Crippen LogP contribution in [0.3, 0.4) is 0 Å². The van der Waals surface area contributed by atoms with Gasteiger partial charge in [0.1, 0.15) is 5.82 Å². The molecule has 0 saturated heterocycles. The van der Waals surface area contributed by atoms with Crippen molar-refractivity contribution >= 4 is 11.8 Å². The molecule has 20 heavy (non-hydrogen) atoms. The van der Waals surface area contributed by atoms with Crippen molar-refractivity contribution in [3.8, 4) is 0 Å². The average molecular weight is 277 g/mol. The van der Waals surface area contributed by atoms with Crippen molar-refractivity contribution < 1.29 is 9.90 Å². The minimum atomic E-state index is -0.915. The molecule has 1 fully saturated rings. The molecule has 2 N–H and O–H groups in total. The van der Waals surface area contributed by atoms with E-state index < -0.39 is 5.97 Å². The summed E-state index contributed by atoms with van der Waals surface area (Å²) in [6, 6.07) is 3.19. The number of aromatic carboxylic acids is 1. The Morgan fingerprint density at radius 3 is 2.60 bits per heavy atom. The Balaban J connectivity index is 2.12. The second-order valence-corrected chi connectivity index (χ2v) is 5.87. The molecule has 5 heteroatoms. The second-order valence-electron chi connectivity index (χ2n) is 5.87. The molecule has 110 valence electrons. The van der Waals surface area contributed by atoms with Crippen LogP contribution in [0, 0.1) is 6.92 Å². The van der Waals surface area contributed by atoms with E-state index in [0.717, 1.165) is 12.2 Å². The monoisotopic (exact) mass is 277 g/mol. The van der Waals surface area contributed by atoms with E-state index in [9.17, 15) is 4.79 Å². The zero-order valence-electron chi connectivity index (χ0n) is 12.4. The number of aryl methyl sites for hydroxylation is 1. The van der Waals surface area contributed by atoms with Crippen LogP contribution in [0.5, 0.6) is 0 Å². The Kier molecular flexibility index (Phi) is 4.28. The first kappa shape index (κ1) is 14.8. The molecule has 0 spiro atoms. The van der Waals surface area contributed by atoms with E-state index in [4.69, 9.17) is 5.11 Å². The van der Waals surface area contributed by atoms with Crippen molar-refractivity contribution in [1.29, 1.82) is 0 Å². The van der Waals surface area contributed by atoms with Crippen LogP contribution in [-0.4, -0.2) is 47.1 Å². The fraction of sp³-hybridized carbons (Fsp3) is 0.600. The van der Waals surface area contributed by atoms with Crippen LogP contribution in [0.2, 0.25) is 0 Å². The third kappa shape index (κ3) is 3.10. The zero-order chi connectivity index (χ0) is 14.8. The van der Waals surface area contributed by atoms with Gasteiger partial charge in [-0.25, -0.2) is 9.78 Å². The van der Waals surface area contributed by atoms with E-state index in [1.165, 1.54) is 25.7 Å².